The van der Waals surface area contributed by atoms with Crippen LogP contribution in [-0.4, -0.2) is 21.7 Å². The summed E-state index contributed by atoms with van der Waals surface area (Å²) in [6.07, 6.45) is 6.53. The molecule has 1 N–H and O–H groups in total. The van der Waals surface area contributed by atoms with Gasteiger partial charge in [0.15, 0.2) is 0 Å². The fourth-order valence-corrected chi connectivity index (χ4v) is 5.10. The van der Waals surface area contributed by atoms with E-state index in [4.69, 9.17) is 0 Å². The van der Waals surface area contributed by atoms with Crippen molar-refractivity contribution < 1.29 is 4.79 Å². The standard InChI is InChI=1S/C16H21N3O2/c1-19-15(20)6-5-13(18-19)16(21)17-14-8-9-7-12(14)11-4-2-3-10(9)11/h5-6,9-12,14H,2-4,7-8H2,1H3,(H,17,21)/t9-,10+,11-,12+,14-/m1/s1. The average Bonchev–Trinajstić information content (AvgIpc) is 3.13. The predicted octanol–water partition coefficient (Wildman–Crippen LogP) is 1.33. The van der Waals surface area contributed by atoms with Gasteiger partial charge in [0.05, 0.1) is 0 Å². The number of hydrogen-bond donors (Lipinski definition) is 1. The molecule has 3 fully saturated rings. The first-order chi connectivity index (χ1) is 10.1. The van der Waals surface area contributed by atoms with Gasteiger partial charge in [-0.1, -0.05) is 6.42 Å². The van der Waals surface area contributed by atoms with Crippen molar-refractivity contribution in [2.75, 3.05) is 0 Å². The van der Waals surface area contributed by atoms with E-state index in [0.717, 1.165) is 24.2 Å². The van der Waals surface area contributed by atoms with Gasteiger partial charge < -0.3 is 5.32 Å². The van der Waals surface area contributed by atoms with E-state index in [1.54, 1.807) is 7.05 Å². The third-order valence-corrected chi connectivity index (χ3v) is 5.94. The lowest BCUT2D eigenvalue weighted by Gasteiger charge is -2.32. The maximum absolute atomic E-state index is 12.3. The Balaban J connectivity index is 1.48. The van der Waals surface area contributed by atoms with E-state index in [1.165, 1.54) is 42.5 Å². The van der Waals surface area contributed by atoms with Gasteiger partial charge in [0, 0.05) is 19.2 Å². The number of rotatable bonds is 2. The quantitative estimate of drug-likeness (QED) is 0.892. The molecule has 1 heterocycles. The Morgan fingerprint density at radius 2 is 2.05 bits per heavy atom. The first-order valence-electron chi connectivity index (χ1n) is 7.98. The lowest BCUT2D eigenvalue weighted by molar-refractivity contribution is 0.0893. The SMILES string of the molecule is Cn1nc(C(=O)N[C@@H]2C[C@H]3C[C@H]2[C@@H]2CCC[C@@H]32)ccc1=O. The fourth-order valence-electron chi connectivity index (χ4n) is 5.10. The van der Waals surface area contributed by atoms with Gasteiger partial charge in [-0.3, -0.25) is 9.59 Å². The van der Waals surface area contributed by atoms with Crippen molar-refractivity contribution in [1.82, 2.24) is 15.1 Å². The molecule has 0 radical (unpaired) electrons. The van der Waals surface area contributed by atoms with Crippen LogP contribution in [0.5, 0.6) is 0 Å². The molecule has 1 amide bonds. The number of carbonyl (C=O) groups is 1. The Morgan fingerprint density at radius 1 is 1.24 bits per heavy atom. The Hall–Kier alpha value is -1.65. The molecule has 0 unspecified atom stereocenters. The molecule has 5 heteroatoms. The van der Waals surface area contributed by atoms with Crippen molar-refractivity contribution in [3.63, 3.8) is 0 Å². The highest BCUT2D eigenvalue weighted by atomic mass is 16.2. The second kappa shape index (κ2) is 4.68. The van der Waals surface area contributed by atoms with Crippen molar-refractivity contribution in [2.24, 2.45) is 30.7 Å². The van der Waals surface area contributed by atoms with Gasteiger partial charge in [0.25, 0.3) is 11.5 Å². The van der Waals surface area contributed by atoms with Crippen molar-refractivity contribution in [1.29, 1.82) is 0 Å². The summed E-state index contributed by atoms with van der Waals surface area (Å²) in [6, 6.07) is 3.22. The molecule has 112 valence electrons. The number of nitrogens with one attached hydrogen (secondary N) is 1. The zero-order valence-corrected chi connectivity index (χ0v) is 12.3. The van der Waals surface area contributed by atoms with Crippen LogP contribution in [0.1, 0.15) is 42.6 Å². The zero-order valence-electron chi connectivity index (χ0n) is 12.3. The van der Waals surface area contributed by atoms with Crippen molar-refractivity contribution >= 4 is 5.91 Å². The molecule has 3 aliphatic carbocycles. The lowest BCUT2D eigenvalue weighted by atomic mass is 9.79. The maximum atomic E-state index is 12.3. The molecule has 1 aromatic heterocycles. The Bertz CT molecular complexity index is 639. The second-order valence-corrected chi connectivity index (χ2v) is 6.91. The van der Waals surface area contributed by atoms with E-state index in [1.807, 2.05) is 0 Å². The van der Waals surface area contributed by atoms with Crippen LogP contribution >= 0.6 is 0 Å². The second-order valence-electron chi connectivity index (χ2n) is 6.91. The molecule has 0 spiro atoms. The molecule has 3 aliphatic rings. The van der Waals surface area contributed by atoms with E-state index in [9.17, 15) is 9.59 Å². The van der Waals surface area contributed by atoms with E-state index >= 15 is 0 Å². The Labute approximate surface area is 123 Å². The van der Waals surface area contributed by atoms with Crippen molar-refractivity contribution in [2.45, 2.75) is 38.1 Å². The van der Waals surface area contributed by atoms with Gasteiger partial charge >= 0.3 is 0 Å². The average molecular weight is 287 g/mol. The fraction of sp³-hybridized carbons (Fsp3) is 0.688. The molecule has 21 heavy (non-hydrogen) atoms. The highest BCUT2D eigenvalue weighted by molar-refractivity contribution is 5.92. The summed E-state index contributed by atoms with van der Waals surface area (Å²) >= 11 is 0. The van der Waals surface area contributed by atoms with Gasteiger partial charge in [-0.2, -0.15) is 5.10 Å². The van der Waals surface area contributed by atoms with Gasteiger partial charge in [0.1, 0.15) is 5.69 Å². The summed E-state index contributed by atoms with van der Waals surface area (Å²) in [4.78, 5) is 23.7. The predicted molar refractivity (Wildman–Crippen MR) is 77.8 cm³/mol. The number of amides is 1. The van der Waals surface area contributed by atoms with Crippen LogP contribution < -0.4 is 10.9 Å². The van der Waals surface area contributed by atoms with E-state index in [0.29, 0.717) is 17.7 Å². The largest absolute Gasteiger partial charge is 0.348 e. The van der Waals surface area contributed by atoms with Gasteiger partial charge in [-0.15, -0.1) is 0 Å². The van der Waals surface area contributed by atoms with Crippen LogP contribution in [0.3, 0.4) is 0 Å². The van der Waals surface area contributed by atoms with Crippen LogP contribution in [0.4, 0.5) is 0 Å². The third kappa shape index (κ3) is 2.01. The number of carbonyl (C=O) groups excluding carboxylic acids is 1. The number of aromatic nitrogens is 2. The summed E-state index contributed by atoms with van der Waals surface area (Å²) in [5, 5.41) is 7.20. The minimum atomic E-state index is -0.194. The maximum Gasteiger partial charge on any atom is 0.271 e. The summed E-state index contributed by atoms with van der Waals surface area (Å²) in [6.45, 7) is 0. The van der Waals surface area contributed by atoms with Gasteiger partial charge in [-0.25, -0.2) is 4.68 Å². The highest BCUT2D eigenvalue weighted by Gasteiger charge is 2.54. The molecule has 0 aromatic carbocycles. The van der Waals surface area contributed by atoms with Crippen LogP contribution in [-0.2, 0) is 7.05 Å². The van der Waals surface area contributed by atoms with E-state index in [2.05, 4.69) is 10.4 Å². The number of hydrogen-bond acceptors (Lipinski definition) is 3. The minimum Gasteiger partial charge on any atom is -0.348 e. The highest BCUT2D eigenvalue weighted by Crippen LogP contribution is 2.58. The van der Waals surface area contributed by atoms with E-state index < -0.39 is 0 Å². The molecule has 4 rings (SSSR count). The van der Waals surface area contributed by atoms with Gasteiger partial charge in [-0.05, 0) is 55.4 Å². The topological polar surface area (TPSA) is 64.0 Å². The smallest absolute Gasteiger partial charge is 0.271 e. The molecule has 5 nitrogen and oxygen atoms in total. The molecular formula is C16H21N3O2. The molecule has 0 aliphatic heterocycles. The molecule has 5 atom stereocenters. The zero-order chi connectivity index (χ0) is 14.6. The first-order valence-corrected chi connectivity index (χ1v) is 7.98. The first kappa shape index (κ1) is 13.0. The number of fused-ring (bicyclic) bond motifs is 5. The van der Waals surface area contributed by atoms with Gasteiger partial charge in [0.2, 0.25) is 0 Å². The summed E-state index contributed by atoms with van der Waals surface area (Å²) in [5.41, 5.74) is 0.142. The molecular weight excluding hydrogens is 266 g/mol. The number of aryl methyl sites for hydroxylation is 1. The molecule has 2 bridgehead atoms. The summed E-state index contributed by atoms with van der Waals surface area (Å²) in [7, 11) is 1.57. The monoisotopic (exact) mass is 287 g/mol. The molecule has 1 aromatic rings. The van der Waals surface area contributed by atoms with E-state index in [-0.39, 0.29) is 11.5 Å². The molecule has 0 saturated heterocycles. The number of nitrogens with zero attached hydrogens (tertiary/aromatic N) is 2. The van der Waals surface area contributed by atoms with Crippen LogP contribution in [0.15, 0.2) is 16.9 Å². The van der Waals surface area contributed by atoms with Crippen LogP contribution in [0.2, 0.25) is 0 Å². The van der Waals surface area contributed by atoms with Crippen molar-refractivity contribution in [3.8, 4) is 0 Å². The summed E-state index contributed by atoms with van der Waals surface area (Å²) < 4.78 is 1.21. The normalized spacial score (nSPS) is 36.7. The van der Waals surface area contributed by atoms with Crippen LogP contribution in [0, 0.1) is 23.7 Å². The van der Waals surface area contributed by atoms with Crippen LogP contribution in [0.25, 0.3) is 0 Å². The Morgan fingerprint density at radius 3 is 2.86 bits per heavy atom. The Kier molecular flexibility index (Phi) is 2.91. The van der Waals surface area contributed by atoms with Crippen molar-refractivity contribution in [3.05, 3.63) is 28.2 Å². The lowest BCUT2D eigenvalue weighted by Crippen LogP contribution is -2.43. The third-order valence-electron chi connectivity index (χ3n) is 5.94. The molecule has 3 saturated carbocycles. The minimum absolute atomic E-state index is 0.141. The summed E-state index contributed by atoms with van der Waals surface area (Å²) in [5.74, 6) is 3.11.